The van der Waals surface area contributed by atoms with E-state index >= 15 is 0 Å². The Morgan fingerprint density at radius 3 is 2.00 bits per heavy atom. The third-order valence-electron chi connectivity index (χ3n) is 5.02. The third kappa shape index (κ3) is 2.45. The van der Waals surface area contributed by atoms with Crippen LogP contribution in [0.25, 0.3) is 0 Å². The van der Waals surface area contributed by atoms with Gasteiger partial charge in [-0.15, -0.1) is 12.4 Å². The third-order valence-corrected chi connectivity index (χ3v) is 5.02. The van der Waals surface area contributed by atoms with Crippen molar-refractivity contribution in [3.8, 4) is 0 Å². The van der Waals surface area contributed by atoms with Crippen molar-refractivity contribution in [2.75, 3.05) is 13.1 Å². The average Bonchev–Trinajstić information content (AvgIpc) is 2.62. The Bertz CT molecular complexity index is 282. The Morgan fingerprint density at radius 1 is 1.12 bits per heavy atom. The van der Waals surface area contributed by atoms with Crippen molar-refractivity contribution in [1.29, 1.82) is 0 Å². The van der Waals surface area contributed by atoms with Crippen LogP contribution in [-0.2, 0) is 4.79 Å². The highest BCUT2D eigenvalue weighted by atomic mass is 35.5. The van der Waals surface area contributed by atoms with Crippen molar-refractivity contribution in [2.24, 2.45) is 16.7 Å². The lowest BCUT2D eigenvalue weighted by molar-refractivity contribution is -0.126. The molecule has 1 aliphatic carbocycles. The normalized spacial score (nSPS) is 27.1. The van der Waals surface area contributed by atoms with Crippen LogP contribution in [0, 0.1) is 16.7 Å². The quantitative estimate of drug-likeness (QED) is 0.797. The topological polar surface area (TPSA) is 41.1 Å². The minimum absolute atomic E-state index is 0. The van der Waals surface area contributed by atoms with Gasteiger partial charge in [0.25, 0.3) is 0 Å². The van der Waals surface area contributed by atoms with Crippen molar-refractivity contribution in [2.45, 2.75) is 46.6 Å². The van der Waals surface area contributed by atoms with Crippen LogP contribution in [-0.4, -0.2) is 25.0 Å². The summed E-state index contributed by atoms with van der Waals surface area (Å²) in [6.45, 7) is 10.9. The van der Waals surface area contributed by atoms with Gasteiger partial charge in [0, 0.05) is 12.0 Å². The van der Waals surface area contributed by atoms with Gasteiger partial charge < -0.3 is 10.6 Å². The van der Waals surface area contributed by atoms with Gasteiger partial charge in [-0.25, -0.2) is 0 Å². The van der Waals surface area contributed by atoms with Gasteiger partial charge in [-0.2, -0.15) is 0 Å². The summed E-state index contributed by atoms with van der Waals surface area (Å²) in [4.78, 5) is 12.1. The minimum Gasteiger partial charge on any atom is -0.352 e. The molecule has 1 saturated carbocycles. The molecule has 2 rings (SSSR count). The molecule has 1 heterocycles. The largest absolute Gasteiger partial charge is 0.352 e. The number of amides is 1. The van der Waals surface area contributed by atoms with Gasteiger partial charge >= 0.3 is 0 Å². The van der Waals surface area contributed by atoms with Crippen LogP contribution in [0.3, 0.4) is 0 Å². The van der Waals surface area contributed by atoms with Gasteiger partial charge in [0.05, 0.1) is 0 Å². The van der Waals surface area contributed by atoms with E-state index in [4.69, 9.17) is 0 Å². The molecule has 0 aromatic rings. The standard InChI is InChI=1S/C13H24N2O.ClH/c1-12(2)11(13(12,3)4)15-10(16)9-5-7-14-8-6-9;/h9,11,14H,5-8H2,1-4H3,(H,15,16);1H. The first-order chi connectivity index (χ1) is 7.37. The maximum Gasteiger partial charge on any atom is 0.223 e. The van der Waals surface area contributed by atoms with E-state index in [0.29, 0.717) is 6.04 Å². The van der Waals surface area contributed by atoms with Crippen LogP contribution in [0.2, 0.25) is 0 Å². The minimum atomic E-state index is 0. The van der Waals surface area contributed by atoms with E-state index in [9.17, 15) is 4.79 Å². The first kappa shape index (κ1) is 14.8. The van der Waals surface area contributed by atoms with Crippen LogP contribution in [0.15, 0.2) is 0 Å². The van der Waals surface area contributed by atoms with E-state index in [1.54, 1.807) is 0 Å². The molecule has 2 aliphatic rings. The maximum absolute atomic E-state index is 12.1. The molecular formula is C13H25ClN2O. The molecule has 2 fully saturated rings. The molecule has 0 aromatic heterocycles. The first-order valence-electron chi connectivity index (χ1n) is 6.38. The monoisotopic (exact) mass is 260 g/mol. The lowest BCUT2D eigenvalue weighted by Crippen LogP contribution is -2.40. The Balaban J connectivity index is 0.00000144. The summed E-state index contributed by atoms with van der Waals surface area (Å²) in [5.74, 6) is 0.499. The molecule has 2 N–H and O–H groups in total. The van der Waals surface area contributed by atoms with Crippen molar-refractivity contribution >= 4 is 18.3 Å². The molecule has 0 bridgehead atoms. The Morgan fingerprint density at radius 2 is 1.59 bits per heavy atom. The van der Waals surface area contributed by atoms with Crippen LogP contribution in [0.4, 0.5) is 0 Å². The van der Waals surface area contributed by atoms with Gasteiger partial charge in [0.1, 0.15) is 0 Å². The predicted molar refractivity (Wildman–Crippen MR) is 72.3 cm³/mol. The summed E-state index contributed by atoms with van der Waals surface area (Å²) >= 11 is 0. The first-order valence-corrected chi connectivity index (χ1v) is 6.38. The number of piperidine rings is 1. The summed E-state index contributed by atoms with van der Waals surface area (Å²) in [5, 5.41) is 6.53. The van der Waals surface area contributed by atoms with Crippen LogP contribution >= 0.6 is 12.4 Å². The number of hydrogen-bond acceptors (Lipinski definition) is 2. The molecule has 1 saturated heterocycles. The number of rotatable bonds is 2. The Hall–Kier alpha value is -0.280. The second-order valence-corrected chi connectivity index (χ2v) is 6.41. The van der Waals surface area contributed by atoms with E-state index < -0.39 is 0 Å². The van der Waals surface area contributed by atoms with Crippen molar-refractivity contribution in [3.05, 3.63) is 0 Å². The van der Waals surface area contributed by atoms with Gasteiger partial charge in [0.15, 0.2) is 0 Å². The zero-order valence-corrected chi connectivity index (χ0v) is 12.1. The number of hydrogen-bond donors (Lipinski definition) is 2. The van der Waals surface area contributed by atoms with Crippen molar-refractivity contribution < 1.29 is 4.79 Å². The number of nitrogens with one attached hydrogen (secondary N) is 2. The van der Waals surface area contributed by atoms with Crippen molar-refractivity contribution in [1.82, 2.24) is 10.6 Å². The molecule has 3 nitrogen and oxygen atoms in total. The summed E-state index contributed by atoms with van der Waals surface area (Å²) < 4.78 is 0. The lowest BCUT2D eigenvalue weighted by atomic mass is 9.97. The van der Waals surface area contributed by atoms with Crippen LogP contribution in [0.5, 0.6) is 0 Å². The van der Waals surface area contributed by atoms with Gasteiger partial charge in [-0.3, -0.25) is 4.79 Å². The second kappa shape index (κ2) is 4.77. The van der Waals surface area contributed by atoms with Gasteiger partial charge in [-0.05, 0) is 36.8 Å². The molecule has 0 spiro atoms. The summed E-state index contributed by atoms with van der Waals surface area (Å²) in [6, 6.07) is 0.349. The Labute approximate surface area is 111 Å². The smallest absolute Gasteiger partial charge is 0.223 e. The molecule has 100 valence electrons. The zero-order valence-electron chi connectivity index (χ0n) is 11.3. The van der Waals surface area contributed by atoms with E-state index in [2.05, 4.69) is 38.3 Å². The van der Waals surface area contributed by atoms with Crippen molar-refractivity contribution in [3.63, 3.8) is 0 Å². The van der Waals surface area contributed by atoms with E-state index in [0.717, 1.165) is 25.9 Å². The molecular weight excluding hydrogens is 236 g/mol. The highest BCUT2D eigenvalue weighted by Crippen LogP contribution is 2.62. The molecule has 17 heavy (non-hydrogen) atoms. The molecule has 1 amide bonds. The van der Waals surface area contributed by atoms with E-state index in [1.165, 1.54) is 0 Å². The fourth-order valence-corrected chi connectivity index (χ4v) is 2.90. The molecule has 0 unspecified atom stereocenters. The van der Waals surface area contributed by atoms with Gasteiger partial charge in [-0.1, -0.05) is 27.7 Å². The SMILES string of the molecule is CC1(C)C(NC(=O)C2CCNCC2)C1(C)C.Cl. The summed E-state index contributed by atoms with van der Waals surface area (Å²) in [6.07, 6.45) is 1.97. The molecule has 0 aromatic carbocycles. The van der Waals surface area contributed by atoms with Crippen LogP contribution in [0.1, 0.15) is 40.5 Å². The Kier molecular flexibility index (Phi) is 4.15. The molecule has 0 radical (unpaired) electrons. The average molecular weight is 261 g/mol. The number of carbonyl (C=O) groups excluding carboxylic acids is 1. The highest BCUT2D eigenvalue weighted by molar-refractivity contribution is 5.85. The molecule has 4 heteroatoms. The lowest BCUT2D eigenvalue weighted by Gasteiger charge is -2.22. The summed E-state index contributed by atoms with van der Waals surface area (Å²) in [5.41, 5.74) is 0.491. The predicted octanol–water partition coefficient (Wildman–Crippen LogP) is 1.96. The van der Waals surface area contributed by atoms with Gasteiger partial charge in [0.2, 0.25) is 5.91 Å². The number of carbonyl (C=O) groups is 1. The second-order valence-electron chi connectivity index (χ2n) is 6.41. The molecule has 0 atom stereocenters. The van der Waals surface area contributed by atoms with Crippen LogP contribution < -0.4 is 10.6 Å². The van der Waals surface area contributed by atoms with E-state index in [-0.39, 0.29) is 35.1 Å². The fourth-order valence-electron chi connectivity index (χ4n) is 2.90. The fraction of sp³-hybridized carbons (Fsp3) is 0.923. The van der Waals surface area contributed by atoms with E-state index in [1.807, 2.05) is 0 Å². The summed E-state index contributed by atoms with van der Waals surface area (Å²) in [7, 11) is 0. The maximum atomic E-state index is 12.1. The molecule has 1 aliphatic heterocycles. The zero-order chi connectivity index (χ0) is 12.0. The highest BCUT2D eigenvalue weighted by Gasteiger charge is 2.65. The number of halogens is 1.